The number of benzene rings is 2. The molecule has 1 amide bonds. The number of thioether (sulfide) groups is 1. The third-order valence-electron chi connectivity index (χ3n) is 4.96. The zero-order chi connectivity index (χ0) is 20.5. The minimum atomic E-state index is -0.489. The second kappa shape index (κ2) is 7.76. The number of hydrogen-bond donors (Lipinski definition) is 1. The first-order valence-corrected chi connectivity index (χ1v) is 10.6. The summed E-state index contributed by atoms with van der Waals surface area (Å²) in [6.07, 6.45) is 1.24. The van der Waals surface area contributed by atoms with E-state index >= 15 is 0 Å². The van der Waals surface area contributed by atoms with Crippen molar-refractivity contribution in [3.05, 3.63) is 100 Å². The maximum atomic E-state index is 13.1. The van der Waals surface area contributed by atoms with Gasteiger partial charge in [0.2, 0.25) is 0 Å². The summed E-state index contributed by atoms with van der Waals surface area (Å²) in [5, 5.41) is 11.5. The highest BCUT2D eigenvalue weighted by molar-refractivity contribution is 8.13. The molecule has 0 saturated heterocycles. The second-order valence-electron chi connectivity index (χ2n) is 7.10. The summed E-state index contributed by atoms with van der Waals surface area (Å²) in [4.78, 5) is 22.4. The molecule has 0 spiro atoms. The van der Waals surface area contributed by atoms with Crippen LogP contribution in [-0.2, 0) is 10.5 Å². The van der Waals surface area contributed by atoms with Crippen LogP contribution in [0, 0.1) is 6.92 Å². The molecule has 2 aliphatic heterocycles. The number of hydrazone groups is 1. The minimum Gasteiger partial charge on any atom is -0.298 e. The Kier molecular flexibility index (Phi) is 4.80. The molecule has 30 heavy (non-hydrogen) atoms. The predicted octanol–water partition coefficient (Wildman–Crippen LogP) is 2.47. The Bertz CT molecular complexity index is 1250. The van der Waals surface area contributed by atoms with E-state index in [1.807, 2.05) is 42.5 Å². The molecule has 2 aromatic carbocycles. The fraction of sp³-hybridized carbons (Fsp3) is 0.130. The fourth-order valence-corrected chi connectivity index (χ4v) is 4.26. The van der Waals surface area contributed by atoms with Gasteiger partial charge in [-0.15, -0.1) is 5.10 Å². The molecule has 1 atom stereocenters. The lowest BCUT2D eigenvalue weighted by Gasteiger charge is -2.33. The first-order valence-electron chi connectivity index (χ1n) is 9.65. The van der Waals surface area contributed by atoms with Gasteiger partial charge in [0.05, 0.1) is 11.1 Å². The number of amides is 1. The highest BCUT2D eigenvalue weighted by Gasteiger charge is 2.34. The minimum absolute atomic E-state index is 0.181. The van der Waals surface area contributed by atoms with Gasteiger partial charge in [0.1, 0.15) is 5.70 Å². The third kappa shape index (κ3) is 3.48. The van der Waals surface area contributed by atoms with Crippen LogP contribution in [0.1, 0.15) is 23.0 Å². The Morgan fingerprint density at radius 3 is 2.63 bits per heavy atom. The first-order chi connectivity index (χ1) is 14.7. The number of aryl methyl sites for hydroxylation is 1. The number of nitrogens with one attached hydrogen (secondary N) is 1. The van der Waals surface area contributed by atoms with Crippen molar-refractivity contribution in [3.63, 3.8) is 0 Å². The van der Waals surface area contributed by atoms with Gasteiger partial charge in [0.15, 0.2) is 11.3 Å². The van der Waals surface area contributed by atoms with E-state index in [1.54, 1.807) is 11.2 Å². The maximum Gasteiger partial charge on any atom is 0.276 e. The van der Waals surface area contributed by atoms with Gasteiger partial charge in [0, 0.05) is 17.2 Å². The van der Waals surface area contributed by atoms with E-state index < -0.39 is 6.17 Å². The van der Waals surface area contributed by atoms with Gasteiger partial charge >= 0.3 is 0 Å². The number of amidine groups is 1. The van der Waals surface area contributed by atoms with Gasteiger partial charge in [0.25, 0.3) is 5.91 Å². The second-order valence-corrected chi connectivity index (χ2v) is 8.07. The van der Waals surface area contributed by atoms with E-state index in [2.05, 4.69) is 41.5 Å². The number of aromatic nitrogens is 1. The van der Waals surface area contributed by atoms with Crippen molar-refractivity contribution in [2.24, 2.45) is 10.1 Å². The molecule has 1 unspecified atom stereocenters. The Hall–Kier alpha value is -3.45. The van der Waals surface area contributed by atoms with Crippen molar-refractivity contribution in [2.45, 2.75) is 18.8 Å². The third-order valence-corrected chi connectivity index (χ3v) is 5.90. The Balaban J connectivity index is 1.54. The van der Waals surface area contributed by atoms with Crippen molar-refractivity contribution in [1.29, 1.82) is 0 Å². The molecule has 6 nitrogen and oxygen atoms in total. The van der Waals surface area contributed by atoms with Crippen molar-refractivity contribution < 1.29 is 4.79 Å². The molecule has 0 aliphatic carbocycles. The van der Waals surface area contributed by atoms with Crippen LogP contribution in [0.4, 0.5) is 0 Å². The van der Waals surface area contributed by atoms with Crippen LogP contribution in [-0.4, -0.2) is 21.1 Å². The molecular weight excluding hydrogens is 394 g/mol. The number of carbonyl (C=O) groups excluding carboxylic acids is 1. The van der Waals surface area contributed by atoms with Crippen LogP contribution in [0.3, 0.4) is 0 Å². The molecule has 0 saturated carbocycles. The van der Waals surface area contributed by atoms with Crippen molar-refractivity contribution in [3.8, 4) is 0 Å². The summed E-state index contributed by atoms with van der Waals surface area (Å²) in [6.45, 7) is 2.06. The van der Waals surface area contributed by atoms with Crippen LogP contribution in [0.5, 0.6) is 0 Å². The molecule has 3 heterocycles. The molecule has 148 valence electrons. The lowest BCUT2D eigenvalue weighted by Crippen LogP contribution is -2.50. The van der Waals surface area contributed by atoms with Crippen molar-refractivity contribution in [1.82, 2.24) is 15.3 Å². The van der Waals surface area contributed by atoms with Crippen LogP contribution in [0.25, 0.3) is 5.70 Å². The summed E-state index contributed by atoms with van der Waals surface area (Å²) in [7, 11) is 0. The lowest BCUT2D eigenvalue weighted by molar-refractivity contribution is -0.116. The fourth-order valence-electron chi connectivity index (χ4n) is 3.45. The summed E-state index contributed by atoms with van der Waals surface area (Å²) < 4.78 is 0. The average molecular weight is 414 g/mol. The molecule has 1 aromatic heterocycles. The number of pyridine rings is 1. The largest absolute Gasteiger partial charge is 0.298 e. The van der Waals surface area contributed by atoms with Crippen molar-refractivity contribution in [2.75, 3.05) is 0 Å². The summed E-state index contributed by atoms with van der Waals surface area (Å²) in [5.41, 5.74) is 3.63. The van der Waals surface area contributed by atoms with Crippen LogP contribution < -0.4 is 15.9 Å². The first kappa shape index (κ1) is 18.6. The number of fused-ring (bicyclic) bond motifs is 2. The molecule has 7 heteroatoms. The highest BCUT2D eigenvalue weighted by Crippen LogP contribution is 2.30. The summed E-state index contributed by atoms with van der Waals surface area (Å²) in [5.74, 6) is 0.532. The van der Waals surface area contributed by atoms with E-state index in [0.717, 1.165) is 16.3 Å². The normalized spacial score (nSPS) is 17.4. The van der Waals surface area contributed by atoms with Gasteiger partial charge in [-0.2, -0.15) is 0 Å². The molecule has 0 bridgehead atoms. The Morgan fingerprint density at radius 1 is 1.03 bits per heavy atom. The zero-order valence-corrected chi connectivity index (χ0v) is 17.1. The van der Waals surface area contributed by atoms with E-state index in [4.69, 9.17) is 10.1 Å². The molecule has 2 aliphatic rings. The number of para-hydroxylation sites is 1. The SMILES string of the molecule is Cc1ccc(CSC2=NN3C(=c4ccccc4=NC3c3ccccn3)C(=O)N2)cc1. The Morgan fingerprint density at radius 2 is 1.83 bits per heavy atom. The van der Waals surface area contributed by atoms with Gasteiger partial charge in [-0.05, 0) is 30.7 Å². The molecule has 0 radical (unpaired) electrons. The highest BCUT2D eigenvalue weighted by atomic mass is 32.2. The maximum absolute atomic E-state index is 13.1. The quantitative estimate of drug-likeness (QED) is 0.716. The predicted molar refractivity (Wildman–Crippen MR) is 117 cm³/mol. The van der Waals surface area contributed by atoms with E-state index in [0.29, 0.717) is 16.6 Å². The Labute approximate surface area is 178 Å². The smallest absolute Gasteiger partial charge is 0.276 e. The van der Waals surface area contributed by atoms with Crippen LogP contribution >= 0.6 is 11.8 Å². The van der Waals surface area contributed by atoms with E-state index in [1.165, 1.54) is 22.9 Å². The van der Waals surface area contributed by atoms with Gasteiger partial charge in [-0.3, -0.25) is 20.1 Å². The summed E-state index contributed by atoms with van der Waals surface area (Å²) >= 11 is 1.50. The van der Waals surface area contributed by atoms with E-state index in [-0.39, 0.29) is 5.91 Å². The topological polar surface area (TPSA) is 70.0 Å². The standard InChI is InChI=1S/C23H19N5OS/c1-15-9-11-16(12-10-15)14-30-23-26-22(29)20-17-6-2-3-7-18(17)25-21(28(20)27-23)19-8-4-5-13-24-19/h2-13,21H,14H2,1H3,(H,26,27,29). The van der Waals surface area contributed by atoms with Gasteiger partial charge in [-0.1, -0.05) is 65.9 Å². The van der Waals surface area contributed by atoms with Crippen molar-refractivity contribution >= 4 is 28.5 Å². The number of nitrogens with zero attached hydrogens (tertiary/aromatic N) is 4. The average Bonchev–Trinajstić information content (AvgIpc) is 2.78. The lowest BCUT2D eigenvalue weighted by atomic mass is 10.1. The molecule has 5 rings (SSSR count). The number of hydrogen-bond acceptors (Lipinski definition) is 6. The zero-order valence-electron chi connectivity index (χ0n) is 16.3. The molecule has 3 aromatic rings. The van der Waals surface area contributed by atoms with Gasteiger partial charge < -0.3 is 0 Å². The summed E-state index contributed by atoms with van der Waals surface area (Å²) in [6, 6.07) is 21.7. The number of carbonyl (C=O) groups is 1. The molecular formula is C23H19N5OS. The van der Waals surface area contributed by atoms with Crippen LogP contribution in [0.15, 0.2) is 83.0 Å². The molecule has 0 fully saturated rings. The molecule has 1 N–H and O–H groups in total. The van der Waals surface area contributed by atoms with Gasteiger partial charge in [-0.25, -0.2) is 5.01 Å². The monoisotopic (exact) mass is 413 g/mol. The van der Waals surface area contributed by atoms with E-state index in [9.17, 15) is 4.79 Å². The number of rotatable bonds is 3. The van der Waals surface area contributed by atoms with Crippen LogP contribution in [0.2, 0.25) is 0 Å².